The van der Waals surface area contributed by atoms with Crippen molar-refractivity contribution >= 4 is 35.5 Å². The number of thioether (sulfide) groups is 1. The van der Waals surface area contributed by atoms with Crippen LogP contribution in [0.2, 0.25) is 0 Å². The Labute approximate surface area is 144 Å². The second-order valence-electron chi connectivity index (χ2n) is 4.98. The fourth-order valence-corrected chi connectivity index (χ4v) is 1.86. The van der Waals surface area contributed by atoms with Crippen LogP contribution in [0.4, 0.5) is 0 Å². The maximum absolute atomic E-state index is 11.6. The number of nitrogens with one attached hydrogen (secondary N) is 2. The molecule has 3 atom stereocenters. The van der Waals surface area contributed by atoms with Crippen LogP contribution in [0.1, 0.15) is 13.3 Å². The van der Waals surface area contributed by atoms with Gasteiger partial charge in [0.2, 0.25) is 11.8 Å². The summed E-state index contributed by atoms with van der Waals surface area (Å²) in [4.78, 5) is 45.5. The standard InChI is InChI=1S/C13H24N4O6S/c1-7(14)11(19)17-9(13(21)22)6-23-10(18)5-16-12(20)8(15)3-4-24-2/h7-9H,3-6,14-15H2,1-2H3,(H,16,20)(H,17,19)(H,21,22)/t7?,8-,9?/m0/s1. The molecule has 0 aliphatic carbocycles. The quantitative estimate of drug-likeness (QED) is 0.251. The zero-order valence-electron chi connectivity index (χ0n) is 13.6. The zero-order chi connectivity index (χ0) is 18.7. The van der Waals surface area contributed by atoms with E-state index in [4.69, 9.17) is 21.3 Å². The molecule has 2 amide bonds. The van der Waals surface area contributed by atoms with Crippen molar-refractivity contribution in [2.75, 3.05) is 25.2 Å². The van der Waals surface area contributed by atoms with Gasteiger partial charge >= 0.3 is 11.9 Å². The van der Waals surface area contributed by atoms with Crippen LogP contribution < -0.4 is 22.1 Å². The lowest BCUT2D eigenvalue weighted by atomic mass is 10.2. The molecule has 0 aromatic rings. The second kappa shape index (κ2) is 11.6. The third-order valence-corrected chi connectivity index (χ3v) is 3.46. The first-order valence-corrected chi connectivity index (χ1v) is 8.55. The SMILES string of the molecule is CSCC[C@H](N)C(=O)NCC(=O)OCC(NC(=O)C(C)N)C(=O)O. The molecule has 138 valence electrons. The van der Waals surface area contributed by atoms with Gasteiger partial charge in [0.1, 0.15) is 13.2 Å². The van der Waals surface area contributed by atoms with Gasteiger partial charge in [0, 0.05) is 0 Å². The van der Waals surface area contributed by atoms with Crippen molar-refractivity contribution in [2.24, 2.45) is 11.5 Å². The molecule has 24 heavy (non-hydrogen) atoms. The average Bonchev–Trinajstić information content (AvgIpc) is 2.53. The predicted octanol–water partition coefficient (Wildman–Crippen LogP) is -2.36. The molecule has 0 heterocycles. The number of carboxylic acid groups (broad SMARTS) is 1. The van der Waals surface area contributed by atoms with Crippen molar-refractivity contribution in [1.82, 2.24) is 10.6 Å². The summed E-state index contributed by atoms with van der Waals surface area (Å²) < 4.78 is 4.72. The van der Waals surface area contributed by atoms with Crippen molar-refractivity contribution in [2.45, 2.75) is 31.5 Å². The van der Waals surface area contributed by atoms with Gasteiger partial charge in [-0.2, -0.15) is 11.8 Å². The number of rotatable bonds is 11. The van der Waals surface area contributed by atoms with Gasteiger partial charge < -0.3 is 31.9 Å². The third kappa shape index (κ3) is 9.33. The summed E-state index contributed by atoms with van der Waals surface area (Å²) in [6, 6.07) is -3.06. The molecular weight excluding hydrogens is 340 g/mol. The van der Waals surface area contributed by atoms with E-state index in [1.165, 1.54) is 6.92 Å². The number of ether oxygens (including phenoxy) is 1. The van der Waals surface area contributed by atoms with Crippen LogP contribution in [0.5, 0.6) is 0 Å². The number of aliphatic carboxylic acids is 1. The van der Waals surface area contributed by atoms with Crippen LogP contribution in [0.25, 0.3) is 0 Å². The number of carbonyl (C=O) groups is 4. The third-order valence-electron chi connectivity index (χ3n) is 2.82. The van der Waals surface area contributed by atoms with Gasteiger partial charge in [-0.15, -0.1) is 0 Å². The summed E-state index contributed by atoms with van der Waals surface area (Å²) in [5.74, 6) is -2.70. The van der Waals surface area contributed by atoms with E-state index in [1.807, 2.05) is 6.26 Å². The molecule has 0 spiro atoms. The van der Waals surface area contributed by atoms with Crippen LogP contribution in [0.3, 0.4) is 0 Å². The number of nitrogens with two attached hydrogens (primary N) is 2. The maximum Gasteiger partial charge on any atom is 0.329 e. The molecule has 0 aliphatic rings. The monoisotopic (exact) mass is 364 g/mol. The molecule has 7 N–H and O–H groups in total. The van der Waals surface area contributed by atoms with Gasteiger partial charge in [-0.3, -0.25) is 14.4 Å². The molecule has 0 aromatic carbocycles. The minimum Gasteiger partial charge on any atom is -0.480 e. The molecule has 0 fully saturated rings. The lowest BCUT2D eigenvalue weighted by Crippen LogP contribution is -2.50. The summed E-state index contributed by atoms with van der Waals surface area (Å²) >= 11 is 1.54. The Morgan fingerprint density at radius 1 is 1.21 bits per heavy atom. The molecular formula is C13H24N4O6S. The average molecular weight is 364 g/mol. The predicted molar refractivity (Wildman–Crippen MR) is 88.2 cm³/mol. The fourth-order valence-electron chi connectivity index (χ4n) is 1.37. The van der Waals surface area contributed by atoms with E-state index in [0.717, 1.165) is 0 Å². The Bertz CT molecular complexity index is 460. The summed E-state index contributed by atoms with van der Waals surface area (Å²) in [7, 11) is 0. The molecule has 0 saturated heterocycles. The van der Waals surface area contributed by atoms with Crippen LogP contribution in [0, 0.1) is 0 Å². The minimum absolute atomic E-state index is 0.445. The molecule has 2 unspecified atom stereocenters. The first kappa shape index (κ1) is 22.1. The van der Waals surface area contributed by atoms with Gasteiger partial charge in [0.25, 0.3) is 0 Å². The Morgan fingerprint density at radius 2 is 1.83 bits per heavy atom. The van der Waals surface area contributed by atoms with Gasteiger partial charge in [-0.05, 0) is 25.4 Å². The number of esters is 1. The summed E-state index contributed by atoms with van der Waals surface area (Å²) in [6.45, 7) is 0.358. The molecule has 0 rings (SSSR count). The van der Waals surface area contributed by atoms with Crippen LogP contribution in [0.15, 0.2) is 0 Å². The molecule has 0 saturated carbocycles. The largest absolute Gasteiger partial charge is 0.480 e. The molecule has 0 radical (unpaired) electrons. The number of amides is 2. The van der Waals surface area contributed by atoms with Gasteiger partial charge in [-0.1, -0.05) is 0 Å². The highest BCUT2D eigenvalue weighted by Gasteiger charge is 2.23. The Balaban J connectivity index is 4.23. The van der Waals surface area contributed by atoms with Gasteiger partial charge in [0.15, 0.2) is 6.04 Å². The highest BCUT2D eigenvalue weighted by atomic mass is 32.2. The maximum atomic E-state index is 11.6. The van der Waals surface area contributed by atoms with Crippen molar-refractivity contribution in [3.63, 3.8) is 0 Å². The van der Waals surface area contributed by atoms with Crippen molar-refractivity contribution in [1.29, 1.82) is 0 Å². The molecule has 11 heteroatoms. The smallest absolute Gasteiger partial charge is 0.329 e. The number of carboxylic acids is 1. The lowest BCUT2D eigenvalue weighted by molar-refractivity contribution is -0.150. The van der Waals surface area contributed by atoms with Crippen molar-refractivity contribution < 1.29 is 29.0 Å². The highest BCUT2D eigenvalue weighted by molar-refractivity contribution is 7.98. The van der Waals surface area contributed by atoms with E-state index in [0.29, 0.717) is 12.2 Å². The van der Waals surface area contributed by atoms with E-state index in [1.54, 1.807) is 11.8 Å². The lowest BCUT2D eigenvalue weighted by Gasteiger charge is -2.16. The molecule has 0 bridgehead atoms. The van der Waals surface area contributed by atoms with Crippen molar-refractivity contribution in [3.05, 3.63) is 0 Å². The molecule has 10 nitrogen and oxygen atoms in total. The first-order valence-electron chi connectivity index (χ1n) is 7.15. The number of hydrogen-bond donors (Lipinski definition) is 5. The van der Waals surface area contributed by atoms with E-state index in [-0.39, 0.29) is 0 Å². The van der Waals surface area contributed by atoms with Crippen LogP contribution in [-0.4, -0.2) is 72.1 Å². The van der Waals surface area contributed by atoms with Gasteiger partial charge in [0.05, 0.1) is 12.1 Å². The zero-order valence-corrected chi connectivity index (χ0v) is 14.4. The van der Waals surface area contributed by atoms with E-state index in [9.17, 15) is 19.2 Å². The molecule has 0 aromatic heterocycles. The Kier molecular flexibility index (Phi) is 10.8. The van der Waals surface area contributed by atoms with E-state index >= 15 is 0 Å². The van der Waals surface area contributed by atoms with E-state index < -0.39 is 55.0 Å². The summed E-state index contributed by atoms with van der Waals surface area (Å²) in [6.07, 6.45) is 2.34. The van der Waals surface area contributed by atoms with Crippen LogP contribution in [-0.2, 0) is 23.9 Å². The molecule has 0 aliphatic heterocycles. The van der Waals surface area contributed by atoms with Crippen LogP contribution >= 0.6 is 11.8 Å². The normalized spacial score (nSPS) is 14.2. The number of hydrogen-bond acceptors (Lipinski definition) is 8. The van der Waals surface area contributed by atoms with Crippen molar-refractivity contribution in [3.8, 4) is 0 Å². The first-order chi connectivity index (χ1) is 11.2. The Hall–Kier alpha value is -1.85. The summed E-state index contributed by atoms with van der Waals surface area (Å²) in [5, 5.41) is 13.4. The number of carbonyl (C=O) groups excluding carboxylic acids is 3. The fraction of sp³-hybridized carbons (Fsp3) is 0.692. The minimum atomic E-state index is -1.42. The van der Waals surface area contributed by atoms with Gasteiger partial charge in [-0.25, -0.2) is 4.79 Å². The Morgan fingerprint density at radius 3 is 2.33 bits per heavy atom. The van der Waals surface area contributed by atoms with E-state index in [2.05, 4.69) is 10.6 Å². The second-order valence-corrected chi connectivity index (χ2v) is 5.96. The highest BCUT2D eigenvalue weighted by Crippen LogP contribution is 1.98. The topological polar surface area (TPSA) is 174 Å². The summed E-state index contributed by atoms with van der Waals surface area (Å²) in [5.41, 5.74) is 10.9.